The fourth-order valence-electron chi connectivity index (χ4n) is 2.65. The first-order valence-corrected chi connectivity index (χ1v) is 5.97. The lowest BCUT2D eigenvalue weighted by Gasteiger charge is -2.20. The third-order valence-corrected chi connectivity index (χ3v) is 3.62. The van der Waals surface area contributed by atoms with Crippen LogP contribution in [0.15, 0.2) is 36.5 Å². The van der Waals surface area contributed by atoms with E-state index < -0.39 is 5.67 Å². The fraction of sp³-hybridized carbons (Fsp3) is 0.357. The molecule has 1 heterocycles. The first-order chi connectivity index (χ1) is 8.17. The van der Waals surface area contributed by atoms with E-state index in [9.17, 15) is 4.39 Å². The molecule has 2 atom stereocenters. The van der Waals surface area contributed by atoms with Crippen LogP contribution in [0.1, 0.15) is 24.8 Å². The minimum atomic E-state index is -1.25. The Morgan fingerprint density at radius 2 is 2.24 bits per heavy atom. The Labute approximate surface area is 99.7 Å². The second-order valence-electron chi connectivity index (χ2n) is 4.88. The number of hydrogen-bond donors (Lipinski definition) is 1. The molecule has 2 aromatic rings. The summed E-state index contributed by atoms with van der Waals surface area (Å²) in [6.45, 7) is 0. The van der Waals surface area contributed by atoms with Crippen LogP contribution in [0.3, 0.4) is 0 Å². The van der Waals surface area contributed by atoms with E-state index in [4.69, 9.17) is 5.73 Å². The van der Waals surface area contributed by atoms with Gasteiger partial charge < -0.3 is 5.73 Å². The van der Waals surface area contributed by atoms with E-state index in [1.165, 1.54) is 0 Å². The highest BCUT2D eigenvalue weighted by atomic mass is 19.1. The third-order valence-electron chi connectivity index (χ3n) is 3.62. The lowest BCUT2D eigenvalue weighted by molar-refractivity contribution is 0.172. The van der Waals surface area contributed by atoms with Gasteiger partial charge in [0.15, 0.2) is 0 Å². The van der Waals surface area contributed by atoms with E-state index in [-0.39, 0.29) is 6.04 Å². The molecule has 1 aromatic carbocycles. The maximum atomic E-state index is 14.7. The smallest absolute Gasteiger partial charge is 0.137 e. The van der Waals surface area contributed by atoms with Gasteiger partial charge in [-0.2, -0.15) is 0 Å². The highest BCUT2D eigenvalue weighted by molar-refractivity contribution is 5.79. The van der Waals surface area contributed by atoms with Crippen molar-refractivity contribution in [3.63, 3.8) is 0 Å². The number of pyridine rings is 1. The Balaban J connectivity index is 2.06. The van der Waals surface area contributed by atoms with Crippen molar-refractivity contribution in [1.82, 2.24) is 4.98 Å². The van der Waals surface area contributed by atoms with Crippen LogP contribution in [-0.4, -0.2) is 11.0 Å². The number of fused-ring (bicyclic) bond motifs is 1. The van der Waals surface area contributed by atoms with E-state index in [2.05, 4.69) is 4.98 Å². The van der Waals surface area contributed by atoms with Crippen LogP contribution < -0.4 is 5.73 Å². The summed E-state index contributed by atoms with van der Waals surface area (Å²) in [6.07, 6.45) is 3.47. The molecule has 0 amide bonds. The second-order valence-corrected chi connectivity index (χ2v) is 4.88. The molecular formula is C14H15FN2. The van der Waals surface area contributed by atoms with Crippen molar-refractivity contribution in [2.75, 3.05) is 0 Å². The number of nitrogens with zero attached hydrogens (tertiary/aromatic N) is 1. The number of nitrogens with two attached hydrogens (primary N) is 1. The maximum absolute atomic E-state index is 14.7. The predicted molar refractivity (Wildman–Crippen MR) is 66.4 cm³/mol. The Hall–Kier alpha value is -1.48. The average Bonchev–Trinajstić information content (AvgIpc) is 2.70. The van der Waals surface area contributed by atoms with Crippen molar-refractivity contribution in [2.45, 2.75) is 31.0 Å². The second kappa shape index (κ2) is 3.77. The summed E-state index contributed by atoms with van der Waals surface area (Å²) in [5, 5.41) is 0.988. The van der Waals surface area contributed by atoms with Crippen molar-refractivity contribution >= 4 is 10.9 Å². The summed E-state index contributed by atoms with van der Waals surface area (Å²) in [5.41, 5.74) is 6.21. The Kier molecular flexibility index (Phi) is 2.37. The highest BCUT2D eigenvalue weighted by Gasteiger charge is 2.39. The van der Waals surface area contributed by atoms with Gasteiger partial charge in [-0.1, -0.05) is 12.1 Å². The summed E-state index contributed by atoms with van der Waals surface area (Å²) < 4.78 is 14.7. The number of alkyl halides is 1. The van der Waals surface area contributed by atoms with Gasteiger partial charge in [0.2, 0.25) is 0 Å². The molecule has 0 spiro atoms. The number of hydrogen-bond acceptors (Lipinski definition) is 2. The summed E-state index contributed by atoms with van der Waals surface area (Å²) in [6, 6.07) is 9.45. The zero-order valence-corrected chi connectivity index (χ0v) is 9.57. The molecule has 1 saturated carbocycles. The molecule has 1 aliphatic rings. The van der Waals surface area contributed by atoms with Gasteiger partial charge in [0, 0.05) is 24.0 Å². The van der Waals surface area contributed by atoms with Gasteiger partial charge >= 0.3 is 0 Å². The number of aromatic nitrogens is 1. The molecule has 0 bridgehead atoms. The summed E-state index contributed by atoms with van der Waals surface area (Å²) in [7, 11) is 0. The SMILES string of the molecule is NC1CCC(F)(c2ccc3ncccc3c2)C1. The fourth-order valence-corrected chi connectivity index (χ4v) is 2.65. The van der Waals surface area contributed by atoms with Crippen LogP contribution in [0.25, 0.3) is 10.9 Å². The monoisotopic (exact) mass is 230 g/mol. The molecule has 2 unspecified atom stereocenters. The molecule has 88 valence electrons. The zero-order valence-electron chi connectivity index (χ0n) is 9.57. The lowest BCUT2D eigenvalue weighted by atomic mass is 9.93. The lowest BCUT2D eigenvalue weighted by Crippen LogP contribution is -2.21. The zero-order chi connectivity index (χ0) is 11.9. The van der Waals surface area contributed by atoms with Crippen molar-refractivity contribution in [2.24, 2.45) is 5.73 Å². The molecular weight excluding hydrogens is 215 g/mol. The van der Waals surface area contributed by atoms with Gasteiger partial charge in [-0.25, -0.2) is 4.39 Å². The van der Waals surface area contributed by atoms with Crippen LogP contribution in [-0.2, 0) is 5.67 Å². The predicted octanol–water partition coefficient (Wildman–Crippen LogP) is 2.91. The van der Waals surface area contributed by atoms with Crippen molar-refractivity contribution in [1.29, 1.82) is 0 Å². The van der Waals surface area contributed by atoms with E-state index in [0.717, 1.165) is 22.9 Å². The normalized spacial score (nSPS) is 28.7. The molecule has 2 nitrogen and oxygen atoms in total. The molecule has 17 heavy (non-hydrogen) atoms. The van der Waals surface area contributed by atoms with E-state index in [0.29, 0.717) is 12.8 Å². The van der Waals surface area contributed by atoms with Gasteiger partial charge in [0.25, 0.3) is 0 Å². The van der Waals surface area contributed by atoms with Crippen molar-refractivity contribution < 1.29 is 4.39 Å². The molecule has 0 radical (unpaired) electrons. The molecule has 3 rings (SSSR count). The van der Waals surface area contributed by atoms with Crippen LogP contribution in [0.4, 0.5) is 4.39 Å². The summed E-state index contributed by atoms with van der Waals surface area (Å²) >= 11 is 0. The third kappa shape index (κ3) is 1.80. The molecule has 0 aliphatic heterocycles. The van der Waals surface area contributed by atoms with Crippen LogP contribution in [0.2, 0.25) is 0 Å². The summed E-state index contributed by atoms with van der Waals surface area (Å²) in [5.74, 6) is 0. The molecule has 2 N–H and O–H groups in total. The quantitative estimate of drug-likeness (QED) is 0.818. The standard InChI is InChI=1S/C14H15FN2/c15-14(6-5-12(16)9-14)11-3-4-13-10(8-11)2-1-7-17-13/h1-4,7-8,12H,5-6,9,16H2. The Morgan fingerprint density at radius 1 is 1.35 bits per heavy atom. The first-order valence-electron chi connectivity index (χ1n) is 5.97. The summed E-state index contributed by atoms with van der Waals surface area (Å²) in [4.78, 5) is 4.24. The minimum Gasteiger partial charge on any atom is -0.328 e. The van der Waals surface area contributed by atoms with Crippen LogP contribution in [0, 0.1) is 0 Å². The highest BCUT2D eigenvalue weighted by Crippen LogP contribution is 2.42. The van der Waals surface area contributed by atoms with Gasteiger partial charge in [0.1, 0.15) is 5.67 Å². The molecule has 0 saturated heterocycles. The van der Waals surface area contributed by atoms with Crippen molar-refractivity contribution in [3.05, 3.63) is 42.1 Å². The molecule has 3 heteroatoms. The number of rotatable bonds is 1. The maximum Gasteiger partial charge on any atom is 0.137 e. The Bertz CT molecular complexity index is 555. The topological polar surface area (TPSA) is 38.9 Å². The first kappa shape index (κ1) is 10.7. The number of benzene rings is 1. The molecule has 1 aromatic heterocycles. The van der Waals surface area contributed by atoms with Gasteiger partial charge in [-0.15, -0.1) is 0 Å². The molecule has 1 fully saturated rings. The van der Waals surface area contributed by atoms with Gasteiger partial charge in [-0.05, 0) is 36.6 Å². The minimum absolute atomic E-state index is 0.00963. The van der Waals surface area contributed by atoms with E-state index in [1.54, 1.807) is 6.20 Å². The molecule has 1 aliphatic carbocycles. The number of halogens is 1. The Morgan fingerprint density at radius 3 is 3.00 bits per heavy atom. The van der Waals surface area contributed by atoms with Gasteiger partial charge in [-0.3, -0.25) is 4.98 Å². The van der Waals surface area contributed by atoms with Crippen LogP contribution in [0.5, 0.6) is 0 Å². The van der Waals surface area contributed by atoms with E-state index >= 15 is 0 Å². The largest absolute Gasteiger partial charge is 0.328 e. The average molecular weight is 230 g/mol. The van der Waals surface area contributed by atoms with Crippen LogP contribution >= 0.6 is 0 Å². The van der Waals surface area contributed by atoms with Crippen molar-refractivity contribution in [3.8, 4) is 0 Å². The van der Waals surface area contributed by atoms with Gasteiger partial charge in [0.05, 0.1) is 5.52 Å². The van der Waals surface area contributed by atoms with E-state index in [1.807, 2.05) is 30.3 Å².